The molecule has 1 heterocycles. The molecule has 1 saturated heterocycles. The zero-order valence-electron chi connectivity index (χ0n) is 11.1. The Morgan fingerprint density at radius 3 is 2.95 bits per heavy atom. The van der Waals surface area contributed by atoms with Crippen LogP contribution in [0.15, 0.2) is 18.2 Å². The van der Waals surface area contributed by atoms with Crippen molar-refractivity contribution in [3.05, 3.63) is 27.3 Å². The SMILES string of the molecule is COC1(C)CCCN(C(=O)c2cc(I)ccc2O)C1. The molecule has 2 rings (SSSR count). The Hall–Kier alpha value is -0.820. The molecule has 0 aromatic heterocycles. The fraction of sp³-hybridized carbons (Fsp3) is 0.500. The lowest BCUT2D eigenvalue weighted by molar-refractivity contribution is -0.0440. The van der Waals surface area contributed by atoms with Gasteiger partial charge >= 0.3 is 0 Å². The molecule has 104 valence electrons. The second-order valence-corrected chi connectivity index (χ2v) is 6.39. The molecule has 0 saturated carbocycles. The predicted octanol–water partition coefficient (Wildman–Crippen LogP) is 2.64. The van der Waals surface area contributed by atoms with Gasteiger partial charge in [0.2, 0.25) is 0 Å². The van der Waals surface area contributed by atoms with Crippen molar-refractivity contribution in [1.82, 2.24) is 4.90 Å². The number of hydrogen-bond acceptors (Lipinski definition) is 3. The lowest BCUT2D eigenvalue weighted by Crippen LogP contribution is -2.49. The van der Waals surface area contributed by atoms with Gasteiger partial charge in [-0.25, -0.2) is 0 Å². The molecule has 1 aliphatic rings. The van der Waals surface area contributed by atoms with Crippen molar-refractivity contribution in [1.29, 1.82) is 0 Å². The number of carbonyl (C=O) groups excluding carboxylic acids is 1. The van der Waals surface area contributed by atoms with Crippen LogP contribution >= 0.6 is 22.6 Å². The molecule has 0 radical (unpaired) electrons. The monoisotopic (exact) mass is 375 g/mol. The first-order valence-corrected chi connectivity index (χ1v) is 7.36. The molecule has 1 aliphatic heterocycles. The average Bonchev–Trinajstić information content (AvgIpc) is 2.41. The molecule has 19 heavy (non-hydrogen) atoms. The van der Waals surface area contributed by atoms with Gasteiger partial charge in [0.25, 0.3) is 5.91 Å². The third-order valence-electron chi connectivity index (χ3n) is 3.63. The number of piperidine rings is 1. The summed E-state index contributed by atoms with van der Waals surface area (Å²) in [5.41, 5.74) is 0.0816. The lowest BCUT2D eigenvalue weighted by Gasteiger charge is -2.39. The molecule has 1 aromatic rings. The third-order valence-corrected chi connectivity index (χ3v) is 4.30. The van der Waals surface area contributed by atoms with Crippen LogP contribution in [0.5, 0.6) is 5.75 Å². The second-order valence-electron chi connectivity index (χ2n) is 5.15. The first-order valence-electron chi connectivity index (χ1n) is 6.28. The van der Waals surface area contributed by atoms with Crippen molar-refractivity contribution in [3.63, 3.8) is 0 Å². The Morgan fingerprint density at radius 2 is 2.26 bits per heavy atom. The summed E-state index contributed by atoms with van der Waals surface area (Å²) < 4.78 is 6.43. The molecule has 0 bridgehead atoms. The number of amides is 1. The third kappa shape index (κ3) is 3.20. The van der Waals surface area contributed by atoms with Gasteiger partial charge in [-0.15, -0.1) is 0 Å². The summed E-state index contributed by atoms with van der Waals surface area (Å²) in [7, 11) is 1.68. The van der Waals surface area contributed by atoms with E-state index in [9.17, 15) is 9.90 Å². The summed E-state index contributed by atoms with van der Waals surface area (Å²) in [5.74, 6) is -0.0888. The molecule has 1 N–H and O–H groups in total. The number of phenolic OH excluding ortho intramolecular Hbond substituents is 1. The Labute approximate surface area is 126 Å². The second kappa shape index (κ2) is 5.66. The maximum absolute atomic E-state index is 12.5. The summed E-state index contributed by atoms with van der Waals surface area (Å²) in [6.07, 6.45) is 1.87. The van der Waals surface area contributed by atoms with Crippen molar-refractivity contribution in [2.24, 2.45) is 0 Å². The van der Waals surface area contributed by atoms with Crippen molar-refractivity contribution < 1.29 is 14.6 Å². The molecule has 5 heteroatoms. The average molecular weight is 375 g/mol. The van der Waals surface area contributed by atoms with Crippen molar-refractivity contribution >= 4 is 28.5 Å². The van der Waals surface area contributed by atoms with Crippen LogP contribution < -0.4 is 0 Å². The summed E-state index contributed by atoms with van der Waals surface area (Å²) in [6, 6.07) is 5.06. The minimum Gasteiger partial charge on any atom is -0.507 e. The standard InChI is InChI=1S/C14H18INO3/c1-14(19-2)6-3-7-16(9-14)13(18)11-8-10(15)4-5-12(11)17/h4-5,8,17H,3,6-7,9H2,1-2H3. The molecular formula is C14H18INO3. The highest BCUT2D eigenvalue weighted by Crippen LogP contribution is 2.27. The van der Waals surface area contributed by atoms with Gasteiger partial charge < -0.3 is 14.7 Å². The van der Waals surface area contributed by atoms with E-state index in [4.69, 9.17) is 4.74 Å². The van der Waals surface area contributed by atoms with Crippen LogP contribution in [0, 0.1) is 3.57 Å². The topological polar surface area (TPSA) is 49.8 Å². The predicted molar refractivity (Wildman–Crippen MR) is 81.4 cm³/mol. The largest absolute Gasteiger partial charge is 0.507 e. The van der Waals surface area contributed by atoms with Crippen molar-refractivity contribution in [3.8, 4) is 5.75 Å². The molecule has 1 atom stereocenters. The van der Waals surface area contributed by atoms with Gasteiger partial charge in [0, 0.05) is 23.8 Å². The van der Waals surface area contributed by atoms with Crippen LogP contribution in [0.25, 0.3) is 0 Å². The first-order chi connectivity index (χ1) is 8.95. The van der Waals surface area contributed by atoms with Gasteiger partial charge in [0.1, 0.15) is 5.75 Å². The van der Waals surface area contributed by atoms with Gasteiger partial charge in [-0.1, -0.05) is 0 Å². The molecule has 4 nitrogen and oxygen atoms in total. The number of benzene rings is 1. The number of halogens is 1. The van der Waals surface area contributed by atoms with Crippen molar-refractivity contribution in [2.45, 2.75) is 25.4 Å². The number of carbonyl (C=O) groups is 1. The van der Waals surface area contributed by atoms with Crippen LogP contribution in [0.4, 0.5) is 0 Å². The number of hydrogen-bond donors (Lipinski definition) is 1. The lowest BCUT2D eigenvalue weighted by atomic mass is 9.94. The van der Waals surface area contributed by atoms with Gasteiger partial charge in [-0.05, 0) is 60.6 Å². The van der Waals surface area contributed by atoms with Crippen LogP contribution in [0.1, 0.15) is 30.1 Å². The summed E-state index contributed by atoms with van der Waals surface area (Å²) >= 11 is 2.13. The molecule has 0 aliphatic carbocycles. The number of aromatic hydroxyl groups is 1. The van der Waals surface area contributed by atoms with E-state index in [2.05, 4.69) is 22.6 Å². The van der Waals surface area contributed by atoms with Gasteiger partial charge in [0.15, 0.2) is 0 Å². The Morgan fingerprint density at radius 1 is 1.53 bits per heavy atom. The van der Waals surface area contributed by atoms with E-state index >= 15 is 0 Å². The highest BCUT2D eigenvalue weighted by atomic mass is 127. The number of nitrogens with zero attached hydrogens (tertiary/aromatic N) is 1. The highest BCUT2D eigenvalue weighted by Gasteiger charge is 2.33. The number of rotatable bonds is 2. The van der Waals surface area contributed by atoms with E-state index in [-0.39, 0.29) is 17.3 Å². The fourth-order valence-corrected chi connectivity index (χ4v) is 2.89. The maximum Gasteiger partial charge on any atom is 0.257 e. The molecule has 1 fully saturated rings. The summed E-state index contributed by atoms with van der Waals surface area (Å²) in [6.45, 7) is 3.29. The smallest absolute Gasteiger partial charge is 0.257 e. The minimum absolute atomic E-state index is 0.0371. The molecule has 1 aromatic carbocycles. The molecule has 1 amide bonds. The number of phenols is 1. The Balaban J connectivity index is 2.22. The Kier molecular flexibility index (Phi) is 4.35. The van der Waals surface area contributed by atoms with E-state index < -0.39 is 0 Å². The van der Waals surface area contributed by atoms with E-state index in [1.54, 1.807) is 30.2 Å². The van der Waals surface area contributed by atoms with Gasteiger partial charge in [-0.3, -0.25) is 4.79 Å². The fourth-order valence-electron chi connectivity index (χ4n) is 2.40. The van der Waals surface area contributed by atoms with Gasteiger partial charge in [-0.2, -0.15) is 0 Å². The summed E-state index contributed by atoms with van der Waals surface area (Å²) in [4.78, 5) is 14.2. The van der Waals surface area contributed by atoms with Crippen molar-refractivity contribution in [2.75, 3.05) is 20.2 Å². The van der Waals surface area contributed by atoms with Gasteiger partial charge in [0.05, 0.1) is 11.2 Å². The van der Waals surface area contributed by atoms with Crippen LogP contribution in [0.2, 0.25) is 0 Å². The quantitative estimate of drug-likeness (QED) is 0.809. The molecule has 0 spiro atoms. The van der Waals surface area contributed by atoms with Crippen LogP contribution in [0.3, 0.4) is 0 Å². The van der Waals surface area contributed by atoms with Crippen LogP contribution in [-0.4, -0.2) is 41.7 Å². The summed E-state index contributed by atoms with van der Waals surface area (Å²) in [5, 5.41) is 9.84. The highest BCUT2D eigenvalue weighted by molar-refractivity contribution is 14.1. The van der Waals surface area contributed by atoms with E-state index in [0.717, 1.165) is 16.4 Å². The van der Waals surface area contributed by atoms with E-state index in [0.29, 0.717) is 18.7 Å². The normalized spacial score (nSPS) is 23.4. The Bertz CT molecular complexity index is 492. The first kappa shape index (κ1) is 14.6. The number of ether oxygens (including phenoxy) is 1. The minimum atomic E-state index is -0.286. The molecule has 1 unspecified atom stereocenters. The zero-order valence-corrected chi connectivity index (χ0v) is 13.3. The van der Waals surface area contributed by atoms with E-state index in [1.807, 2.05) is 6.92 Å². The number of likely N-dealkylation sites (tertiary alicyclic amines) is 1. The molecular weight excluding hydrogens is 357 g/mol. The van der Waals surface area contributed by atoms with Crippen LogP contribution in [-0.2, 0) is 4.74 Å². The maximum atomic E-state index is 12.5. The number of methoxy groups -OCH3 is 1. The van der Waals surface area contributed by atoms with E-state index in [1.165, 1.54) is 0 Å². The zero-order chi connectivity index (χ0) is 14.0.